The zero-order valence-electron chi connectivity index (χ0n) is 12.1. The van der Waals surface area contributed by atoms with E-state index < -0.39 is 6.09 Å². The quantitative estimate of drug-likeness (QED) is 0.614. The lowest BCUT2D eigenvalue weighted by atomic mass is 10.1. The van der Waals surface area contributed by atoms with Gasteiger partial charge in [-0.15, -0.1) is 6.58 Å². The number of hydrogen-bond acceptors (Lipinski definition) is 3. The lowest BCUT2D eigenvalue weighted by Crippen LogP contribution is -2.32. The molecule has 0 bridgehead atoms. The maximum Gasteiger partial charge on any atom is 0.417 e. The second-order valence-electron chi connectivity index (χ2n) is 5.07. The summed E-state index contributed by atoms with van der Waals surface area (Å²) in [6.45, 7) is 5.85. The second kappa shape index (κ2) is 6.88. The number of benzene rings is 1. The van der Waals surface area contributed by atoms with Gasteiger partial charge in [-0.1, -0.05) is 49.4 Å². The van der Waals surface area contributed by atoms with Gasteiger partial charge in [-0.25, -0.2) is 9.69 Å². The molecule has 0 N–H and O–H groups in total. The molecule has 1 saturated heterocycles. The average Bonchev–Trinajstić information content (AvgIpc) is 2.88. The lowest BCUT2D eigenvalue weighted by Gasteiger charge is -2.18. The number of carbonyl (C=O) groups is 2. The Kier molecular flexibility index (Phi) is 4.93. The summed E-state index contributed by atoms with van der Waals surface area (Å²) in [5.74, 6) is -0.137. The maximum absolute atomic E-state index is 12.3. The molecule has 0 aliphatic carbocycles. The van der Waals surface area contributed by atoms with E-state index >= 15 is 0 Å². The molecular formula is C17H19NO3. The van der Waals surface area contributed by atoms with E-state index in [4.69, 9.17) is 4.74 Å². The van der Waals surface area contributed by atoms with Crippen LogP contribution < -0.4 is 0 Å². The van der Waals surface area contributed by atoms with E-state index in [1.807, 2.05) is 37.3 Å². The van der Waals surface area contributed by atoms with Crippen molar-refractivity contribution in [2.24, 2.45) is 5.92 Å². The Hall–Kier alpha value is -2.36. The molecule has 1 aliphatic rings. The van der Waals surface area contributed by atoms with Gasteiger partial charge >= 0.3 is 6.09 Å². The Bertz CT molecular complexity index is 550. The summed E-state index contributed by atoms with van der Waals surface area (Å²) in [5.41, 5.74) is 0.893. The van der Waals surface area contributed by atoms with Crippen LogP contribution in [0.2, 0.25) is 0 Å². The molecule has 2 atom stereocenters. The minimum absolute atomic E-state index is 0.199. The predicted molar refractivity (Wildman–Crippen MR) is 80.5 cm³/mol. The van der Waals surface area contributed by atoms with Gasteiger partial charge in [0.05, 0.1) is 0 Å². The molecule has 110 valence electrons. The fourth-order valence-electron chi connectivity index (χ4n) is 2.25. The fraction of sp³-hybridized carbons (Fsp3) is 0.294. The molecule has 1 aromatic rings. The summed E-state index contributed by atoms with van der Waals surface area (Å²) in [4.78, 5) is 25.2. The molecule has 0 aromatic heterocycles. The van der Waals surface area contributed by atoms with Crippen molar-refractivity contribution in [2.45, 2.75) is 19.4 Å². The Morgan fingerprint density at radius 3 is 2.86 bits per heavy atom. The van der Waals surface area contributed by atoms with Crippen LogP contribution in [-0.2, 0) is 9.53 Å². The van der Waals surface area contributed by atoms with E-state index in [0.29, 0.717) is 0 Å². The van der Waals surface area contributed by atoms with Crippen LogP contribution in [0.4, 0.5) is 4.79 Å². The van der Waals surface area contributed by atoms with E-state index in [2.05, 4.69) is 6.58 Å². The number of cyclic esters (lactones) is 1. The van der Waals surface area contributed by atoms with Gasteiger partial charge in [0.1, 0.15) is 12.6 Å². The number of imide groups is 1. The highest BCUT2D eigenvalue weighted by Gasteiger charge is 2.37. The summed E-state index contributed by atoms with van der Waals surface area (Å²) in [6.07, 6.45) is 5.23. The Morgan fingerprint density at radius 2 is 2.19 bits per heavy atom. The van der Waals surface area contributed by atoms with Gasteiger partial charge in [0.2, 0.25) is 0 Å². The number of ether oxygens (including phenoxy) is 1. The van der Waals surface area contributed by atoms with Crippen LogP contribution in [-0.4, -0.2) is 23.5 Å². The second-order valence-corrected chi connectivity index (χ2v) is 5.07. The summed E-state index contributed by atoms with van der Waals surface area (Å²) in [7, 11) is 0. The molecule has 0 unspecified atom stereocenters. The smallest absolute Gasteiger partial charge is 0.417 e. The monoisotopic (exact) mass is 285 g/mol. The molecule has 1 aliphatic heterocycles. The summed E-state index contributed by atoms with van der Waals surface area (Å²) >= 11 is 0. The Balaban J connectivity index is 2.13. The first-order valence-electron chi connectivity index (χ1n) is 6.97. The van der Waals surface area contributed by atoms with E-state index in [9.17, 15) is 9.59 Å². The fourth-order valence-corrected chi connectivity index (χ4v) is 2.25. The number of amides is 2. The largest absolute Gasteiger partial charge is 0.446 e. The molecule has 2 rings (SSSR count). The Morgan fingerprint density at radius 1 is 1.48 bits per heavy atom. The van der Waals surface area contributed by atoms with Crippen molar-refractivity contribution in [1.82, 2.24) is 4.90 Å². The van der Waals surface area contributed by atoms with Crippen molar-refractivity contribution < 1.29 is 14.3 Å². The third-order valence-corrected chi connectivity index (χ3v) is 3.40. The highest BCUT2D eigenvalue weighted by molar-refractivity contribution is 5.99. The van der Waals surface area contributed by atoms with Crippen molar-refractivity contribution in [1.29, 1.82) is 0 Å². The van der Waals surface area contributed by atoms with E-state index in [1.165, 1.54) is 11.0 Å². The number of rotatable bonds is 5. The maximum atomic E-state index is 12.3. The van der Waals surface area contributed by atoms with Crippen LogP contribution in [0.15, 0.2) is 55.1 Å². The van der Waals surface area contributed by atoms with E-state index in [-0.39, 0.29) is 24.5 Å². The summed E-state index contributed by atoms with van der Waals surface area (Å²) < 4.78 is 5.02. The van der Waals surface area contributed by atoms with Gasteiger partial charge in [-0.3, -0.25) is 4.79 Å². The van der Waals surface area contributed by atoms with Crippen molar-refractivity contribution in [3.05, 3.63) is 60.7 Å². The van der Waals surface area contributed by atoms with Crippen LogP contribution in [0.5, 0.6) is 0 Å². The molecule has 21 heavy (non-hydrogen) atoms. The highest BCUT2D eigenvalue weighted by atomic mass is 16.6. The standard InChI is InChI=1S/C17H19NO3/c1-3-7-13(2)10-11-16(19)18-15(12-21-17(18)20)14-8-5-4-6-9-14/h3-6,8-11,13,15H,1,7,12H2,2H3/b11-10+/t13-,15-/m1/s1. The minimum Gasteiger partial charge on any atom is -0.446 e. The first-order valence-corrected chi connectivity index (χ1v) is 6.97. The molecule has 1 aromatic carbocycles. The number of allylic oxidation sites excluding steroid dienone is 2. The molecule has 4 heteroatoms. The first-order chi connectivity index (χ1) is 10.1. The van der Waals surface area contributed by atoms with Gasteiger partial charge in [0.15, 0.2) is 0 Å². The minimum atomic E-state index is -0.588. The molecule has 0 saturated carbocycles. The molecule has 4 nitrogen and oxygen atoms in total. The molecular weight excluding hydrogens is 266 g/mol. The van der Waals surface area contributed by atoms with Crippen LogP contribution >= 0.6 is 0 Å². The van der Waals surface area contributed by atoms with Gasteiger partial charge in [-0.2, -0.15) is 0 Å². The topological polar surface area (TPSA) is 46.6 Å². The van der Waals surface area contributed by atoms with Crippen LogP contribution in [0.3, 0.4) is 0 Å². The van der Waals surface area contributed by atoms with Crippen LogP contribution in [0.25, 0.3) is 0 Å². The zero-order chi connectivity index (χ0) is 15.2. The van der Waals surface area contributed by atoms with E-state index in [1.54, 1.807) is 12.2 Å². The highest BCUT2D eigenvalue weighted by Crippen LogP contribution is 2.27. The number of nitrogens with zero attached hydrogens (tertiary/aromatic N) is 1. The zero-order valence-corrected chi connectivity index (χ0v) is 12.1. The first kappa shape index (κ1) is 15.0. The van der Waals surface area contributed by atoms with Crippen LogP contribution in [0, 0.1) is 5.92 Å². The normalized spacial score (nSPS) is 19.6. The summed E-state index contributed by atoms with van der Waals surface area (Å²) in [5, 5.41) is 0. The van der Waals surface area contributed by atoms with Crippen molar-refractivity contribution >= 4 is 12.0 Å². The number of hydrogen-bond donors (Lipinski definition) is 0. The van der Waals surface area contributed by atoms with Crippen molar-refractivity contribution in [2.75, 3.05) is 6.61 Å². The Labute approximate surface area is 124 Å². The molecule has 2 amide bonds. The van der Waals surface area contributed by atoms with Crippen molar-refractivity contribution in [3.8, 4) is 0 Å². The molecule has 0 spiro atoms. The third-order valence-electron chi connectivity index (χ3n) is 3.40. The van der Waals surface area contributed by atoms with Gasteiger partial charge in [0, 0.05) is 0 Å². The van der Waals surface area contributed by atoms with Crippen LogP contribution in [0.1, 0.15) is 24.9 Å². The van der Waals surface area contributed by atoms with Gasteiger partial charge < -0.3 is 4.74 Å². The van der Waals surface area contributed by atoms with E-state index in [0.717, 1.165) is 12.0 Å². The predicted octanol–water partition coefficient (Wildman–Crippen LogP) is 3.47. The average molecular weight is 285 g/mol. The van der Waals surface area contributed by atoms with Gasteiger partial charge in [0.25, 0.3) is 5.91 Å². The lowest BCUT2D eigenvalue weighted by molar-refractivity contribution is -0.124. The molecule has 1 heterocycles. The SMILES string of the molecule is C=CC[C@@H](C)/C=C/C(=O)N1C(=O)OC[C@@H]1c1ccccc1. The third kappa shape index (κ3) is 3.60. The molecule has 0 radical (unpaired) electrons. The number of carbonyl (C=O) groups excluding carboxylic acids is 2. The molecule has 1 fully saturated rings. The summed E-state index contributed by atoms with van der Waals surface area (Å²) in [6, 6.07) is 9.06. The van der Waals surface area contributed by atoms with Crippen molar-refractivity contribution in [3.63, 3.8) is 0 Å². The van der Waals surface area contributed by atoms with Gasteiger partial charge in [-0.05, 0) is 24.0 Å².